The fourth-order valence-corrected chi connectivity index (χ4v) is 8.09. The Morgan fingerprint density at radius 2 is 1.72 bits per heavy atom. The largest absolute Gasteiger partial charge is 0.463 e. The summed E-state index contributed by atoms with van der Waals surface area (Å²) in [5, 5.41) is 8.57. The number of aromatic nitrogens is 4. The Bertz CT molecular complexity index is 1970. The average molecular weight is 850 g/mol. The van der Waals surface area contributed by atoms with Gasteiger partial charge in [0.15, 0.2) is 18.2 Å². The number of likely N-dealkylation sites (N-methyl/N-ethyl adjacent to an activating group) is 1. The summed E-state index contributed by atoms with van der Waals surface area (Å²) in [6.45, 7) is 14.1. The van der Waals surface area contributed by atoms with E-state index in [0.717, 1.165) is 0 Å². The monoisotopic (exact) mass is 849 g/mol. The lowest BCUT2D eigenvalue weighted by Gasteiger charge is -2.47. The number of anilines is 1. The number of esters is 2. The van der Waals surface area contributed by atoms with Crippen LogP contribution in [-0.2, 0) is 44.6 Å². The van der Waals surface area contributed by atoms with Crippen molar-refractivity contribution in [3.8, 4) is 11.4 Å². The van der Waals surface area contributed by atoms with Crippen molar-refractivity contribution in [2.24, 2.45) is 17.8 Å². The highest BCUT2D eigenvalue weighted by Gasteiger charge is 2.50. The summed E-state index contributed by atoms with van der Waals surface area (Å²) in [6.07, 6.45) is -1.57. The fraction of sp³-hybridized carbons (Fsp3) is 0.614. The van der Waals surface area contributed by atoms with Crippen LogP contribution in [0, 0.1) is 17.8 Å². The SMILES string of the molecule is CO[C@]1(C)C[C@@H](C)CN(C(=O)OC(C)(C)C)[C@H](Cn2cc(-c3cccc(N)n3)nn2)COC(=O)C(C)C(=O)[C@H](C)[C@H]1O[C@@H]1O[C@H](C)C[C@H](N(C)C)[C@H]1OC(=O)c1ccccc1. The minimum Gasteiger partial charge on any atom is -0.463 e. The summed E-state index contributed by atoms with van der Waals surface area (Å²) in [5.74, 6) is -3.98. The van der Waals surface area contributed by atoms with Crippen molar-refractivity contribution in [2.75, 3.05) is 40.1 Å². The molecule has 1 unspecified atom stereocenters. The topological polar surface area (TPSA) is 200 Å². The number of nitrogen functional groups attached to an aromatic ring is 1. The number of amides is 1. The molecule has 2 saturated heterocycles. The van der Waals surface area contributed by atoms with Crippen molar-refractivity contribution < 1.29 is 47.6 Å². The van der Waals surface area contributed by atoms with Gasteiger partial charge in [-0.2, -0.15) is 0 Å². The molecule has 0 spiro atoms. The Labute approximate surface area is 358 Å². The van der Waals surface area contributed by atoms with Crippen molar-refractivity contribution in [2.45, 2.75) is 123 Å². The molecule has 0 radical (unpaired) electrons. The summed E-state index contributed by atoms with van der Waals surface area (Å²) < 4.78 is 39.2. The number of hydrogen-bond acceptors (Lipinski definition) is 15. The lowest BCUT2D eigenvalue weighted by Crippen LogP contribution is -2.60. The van der Waals surface area contributed by atoms with E-state index in [1.807, 2.05) is 45.8 Å². The number of carbonyl (C=O) groups excluding carboxylic acids is 4. The van der Waals surface area contributed by atoms with Crippen LogP contribution < -0.4 is 5.73 Å². The van der Waals surface area contributed by atoms with E-state index in [4.69, 9.17) is 34.2 Å². The van der Waals surface area contributed by atoms with Gasteiger partial charge in [-0.1, -0.05) is 43.3 Å². The zero-order valence-corrected chi connectivity index (χ0v) is 37.3. The molecule has 17 heteroatoms. The van der Waals surface area contributed by atoms with Gasteiger partial charge in [-0.05, 0) is 98.7 Å². The van der Waals surface area contributed by atoms with E-state index in [1.165, 1.54) is 23.6 Å². The predicted molar refractivity (Wildman–Crippen MR) is 225 cm³/mol. The van der Waals surface area contributed by atoms with Crippen LogP contribution in [0.3, 0.4) is 0 Å². The summed E-state index contributed by atoms with van der Waals surface area (Å²) in [5.41, 5.74) is 5.15. The van der Waals surface area contributed by atoms with Crippen LogP contribution in [0.2, 0.25) is 0 Å². The van der Waals surface area contributed by atoms with Gasteiger partial charge in [-0.15, -0.1) is 5.10 Å². The van der Waals surface area contributed by atoms with Gasteiger partial charge in [-0.3, -0.25) is 14.5 Å². The Balaban J connectivity index is 1.52. The second-order valence-corrected chi connectivity index (χ2v) is 17.8. The third-order valence-electron chi connectivity index (χ3n) is 11.3. The first-order valence-electron chi connectivity index (χ1n) is 20.8. The van der Waals surface area contributed by atoms with E-state index < -0.39 is 71.4 Å². The maximum Gasteiger partial charge on any atom is 0.410 e. The van der Waals surface area contributed by atoms with E-state index in [0.29, 0.717) is 29.2 Å². The van der Waals surface area contributed by atoms with Crippen LogP contribution in [0.5, 0.6) is 0 Å². The van der Waals surface area contributed by atoms with Gasteiger partial charge in [0.2, 0.25) is 0 Å². The number of cyclic esters (lactones) is 1. The number of pyridine rings is 1. The van der Waals surface area contributed by atoms with Crippen LogP contribution >= 0.6 is 0 Å². The molecule has 17 nitrogen and oxygen atoms in total. The van der Waals surface area contributed by atoms with Crippen molar-refractivity contribution in [3.05, 3.63) is 60.3 Å². The zero-order valence-electron chi connectivity index (χ0n) is 37.3. The van der Waals surface area contributed by atoms with Crippen molar-refractivity contribution >= 4 is 29.6 Å². The van der Waals surface area contributed by atoms with E-state index in [2.05, 4.69) is 15.3 Å². The molecule has 2 fully saturated rings. The molecule has 2 aliphatic rings. The highest BCUT2D eigenvalue weighted by molar-refractivity contribution is 6.00. The fourth-order valence-electron chi connectivity index (χ4n) is 8.09. The molecule has 1 amide bonds. The molecule has 0 saturated carbocycles. The summed E-state index contributed by atoms with van der Waals surface area (Å²) in [4.78, 5) is 63.9. The second kappa shape index (κ2) is 19.8. The number of hydrogen-bond donors (Lipinski definition) is 1. The second-order valence-electron chi connectivity index (χ2n) is 17.8. The van der Waals surface area contributed by atoms with Gasteiger partial charge in [0.05, 0.1) is 53.9 Å². The first-order valence-corrected chi connectivity index (χ1v) is 20.8. The molecule has 3 aromatic rings. The highest BCUT2D eigenvalue weighted by atomic mass is 16.7. The molecule has 2 aliphatic heterocycles. The third-order valence-corrected chi connectivity index (χ3v) is 11.3. The molecule has 61 heavy (non-hydrogen) atoms. The normalized spacial score (nSPS) is 29.5. The lowest BCUT2D eigenvalue weighted by atomic mass is 9.78. The molecular weight excluding hydrogens is 787 g/mol. The van der Waals surface area contributed by atoms with E-state index in [1.54, 1.807) is 76.4 Å². The van der Waals surface area contributed by atoms with Crippen molar-refractivity contribution in [1.29, 1.82) is 0 Å². The van der Waals surface area contributed by atoms with Crippen LogP contribution in [0.25, 0.3) is 11.4 Å². The first kappa shape index (κ1) is 47.1. The number of ether oxygens (including phenoxy) is 6. The van der Waals surface area contributed by atoms with E-state index in [9.17, 15) is 19.2 Å². The maximum atomic E-state index is 14.4. The molecule has 2 N–H and O–H groups in total. The molecule has 2 aromatic heterocycles. The number of rotatable bonds is 9. The first-order chi connectivity index (χ1) is 28.7. The van der Waals surface area contributed by atoms with Crippen LogP contribution in [0.4, 0.5) is 10.6 Å². The lowest BCUT2D eigenvalue weighted by molar-refractivity contribution is -0.294. The van der Waals surface area contributed by atoms with Gasteiger partial charge in [0.1, 0.15) is 29.6 Å². The molecule has 1 aromatic carbocycles. The molecule has 5 rings (SSSR count). The predicted octanol–water partition coefficient (Wildman–Crippen LogP) is 5.03. The standard InChI is InChI=1S/C44H63N7O10/c1-26-21-44(8,56-11)38(60-41-37(34(49(9)10)20-27(2)58-41)59-40(54)30-16-13-12-14-17-30)28(3)36(52)29(4)39(53)57-25-31(51(22-26)42(55)61-43(5,6)7)23-50-24-33(47-48-50)32-18-15-19-35(45)46-32/h12-19,24,26-29,31,34,37-38,41H,20-23,25H2,1-11H3,(H2,45,46)/t26-,27-,28+,29?,31-,34+,37-,38-,41+,44-/m1/s1. The Hall–Kier alpha value is -4.97. The minimum atomic E-state index is -1.24. The molecule has 334 valence electrons. The van der Waals surface area contributed by atoms with Crippen molar-refractivity contribution in [3.63, 3.8) is 0 Å². The molecular formula is C44H63N7O10. The number of ketones is 1. The Morgan fingerprint density at radius 1 is 1.02 bits per heavy atom. The Kier molecular flexibility index (Phi) is 15.3. The maximum absolute atomic E-state index is 14.4. The molecule has 10 atom stereocenters. The number of carbonyl (C=O) groups is 4. The number of nitrogens with two attached hydrogens (primary N) is 1. The highest BCUT2D eigenvalue weighted by Crippen LogP contribution is 2.37. The smallest absolute Gasteiger partial charge is 0.410 e. The Morgan fingerprint density at radius 3 is 2.36 bits per heavy atom. The summed E-state index contributed by atoms with van der Waals surface area (Å²) in [6, 6.07) is 12.7. The third kappa shape index (κ3) is 11.9. The van der Waals surface area contributed by atoms with Crippen LogP contribution in [-0.4, -0.2) is 136 Å². The summed E-state index contributed by atoms with van der Waals surface area (Å²) in [7, 11) is 5.32. The van der Waals surface area contributed by atoms with Crippen LogP contribution in [0.15, 0.2) is 54.7 Å². The zero-order chi connectivity index (χ0) is 44.8. The minimum absolute atomic E-state index is 0.0495. The number of nitrogens with zero attached hydrogens (tertiary/aromatic N) is 6. The van der Waals surface area contributed by atoms with Crippen LogP contribution in [0.1, 0.15) is 78.6 Å². The van der Waals surface area contributed by atoms with Gasteiger partial charge >= 0.3 is 18.0 Å². The van der Waals surface area contributed by atoms with E-state index >= 15 is 0 Å². The average Bonchev–Trinajstić information content (AvgIpc) is 3.68. The molecule has 0 aliphatic carbocycles. The quantitative estimate of drug-likeness (QED) is 0.171. The van der Waals surface area contributed by atoms with Gasteiger partial charge in [0, 0.05) is 19.6 Å². The van der Waals surface area contributed by atoms with Gasteiger partial charge in [0.25, 0.3) is 0 Å². The number of Topliss-reactive ketones (excluding diaryl/α,β-unsaturated/α-hetero) is 1. The van der Waals surface area contributed by atoms with E-state index in [-0.39, 0.29) is 44.2 Å². The number of benzene rings is 1. The number of methoxy groups -OCH3 is 1. The van der Waals surface area contributed by atoms with Gasteiger partial charge < -0.3 is 39.1 Å². The van der Waals surface area contributed by atoms with Gasteiger partial charge in [-0.25, -0.2) is 19.3 Å². The molecule has 4 heterocycles. The van der Waals surface area contributed by atoms with Crippen molar-refractivity contribution in [1.82, 2.24) is 29.8 Å². The molecule has 0 bridgehead atoms. The summed E-state index contributed by atoms with van der Waals surface area (Å²) >= 11 is 0.